The number of carbonyl (C=O) groups is 1. The number of anilines is 2. The van der Waals surface area contributed by atoms with Crippen molar-refractivity contribution in [3.8, 4) is 0 Å². The van der Waals surface area contributed by atoms with Gasteiger partial charge in [-0.05, 0) is 31.0 Å². The Morgan fingerprint density at radius 1 is 1.17 bits per heavy atom. The topological polar surface area (TPSA) is 91.6 Å². The van der Waals surface area contributed by atoms with Crippen LogP contribution in [0, 0.1) is 24.0 Å². The molecular formula is C21H23N5O3S. The molecule has 0 bridgehead atoms. The van der Waals surface area contributed by atoms with Crippen molar-refractivity contribution in [1.82, 2.24) is 9.88 Å². The summed E-state index contributed by atoms with van der Waals surface area (Å²) in [5, 5.41) is 14.9. The molecule has 2 heterocycles. The number of aryl methyl sites for hydroxylation is 2. The van der Waals surface area contributed by atoms with Gasteiger partial charge in [0.05, 0.1) is 21.7 Å². The third-order valence-electron chi connectivity index (χ3n) is 5.33. The first-order chi connectivity index (χ1) is 14.4. The van der Waals surface area contributed by atoms with Gasteiger partial charge in [-0.3, -0.25) is 19.8 Å². The molecule has 30 heavy (non-hydrogen) atoms. The molecule has 1 aromatic heterocycles. The highest BCUT2D eigenvalue weighted by Crippen LogP contribution is 2.31. The Labute approximate surface area is 178 Å². The van der Waals surface area contributed by atoms with Crippen LogP contribution in [0.3, 0.4) is 0 Å². The lowest BCUT2D eigenvalue weighted by atomic mass is 10.1. The van der Waals surface area contributed by atoms with Crippen LogP contribution in [0.2, 0.25) is 0 Å². The molecule has 1 fully saturated rings. The van der Waals surface area contributed by atoms with Gasteiger partial charge in [-0.25, -0.2) is 4.98 Å². The lowest BCUT2D eigenvalue weighted by molar-refractivity contribution is -0.384. The molecule has 2 aromatic carbocycles. The van der Waals surface area contributed by atoms with Crippen LogP contribution in [-0.2, 0) is 4.79 Å². The van der Waals surface area contributed by atoms with Gasteiger partial charge in [-0.2, -0.15) is 0 Å². The van der Waals surface area contributed by atoms with Crippen molar-refractivity contribution in [3.05, 3.63) is 57.6 Å². The second kappa shape index (κ2) is 8.37. The van der Waals surface area contributed by atoms with E-state index in [0.29, 0.717) is 6.54 Å². The summed E-state index contributed by atoms with van der Waals surface area (Å²) in [5.41, 5.74) is 3.87. The maximum Gasteiger partial charge on any atom is 0.270 e. The first-order valence-corrected chi connectivity index (χ1v) is 10.6. The van der Waals surface area contributed by atoms with Crippen molar-refractivity contribution in [3.63, 3.8) is 0 Å². The highest BCUT2D eigenvalue weighted by molar-refractivity contribution is 7.22. The van der Waals surface area contributed by atoms with Crippen molar-refractivity contribution < 1.29 is 9.72 Å². The monoisotopic (exact) mass is 425 g/mol. The van der Waals surface area contributed by atoms with Crippen LogP contribution in [0.25, 0.3) is 10.2 Å². The quantitative estimate of drug-likeness (QED) is 0.496. The molecule has 0 atom stereocenters. The number of nitrogens with zero attached hydrogens (tertiary/aromatic N) is 4. The van der Waals surface area contributed by atoms with Crippen LogP contribution in [0.4, 0.5) is 16.5 Å². The summed E-state index contributed by atoms with van der Waals surface area (Å²) in [4.78, 5) is 32.0. The molecule has 1 saturated heterocycles. The summed E-state index contributed by atoms with van der Waals surface area (Å²) in [6.45, 7) is 7.39. The van der Waals surface area contributed by atoms with Crippen molar-refractivity contribution >= 4 is 44.0 Å². The molecule has 1 aliphatic rings. The molecule has 156 valence electrons. The summed E-state index contributed by atoms with van der Waals surface area (Å²) in [6, 6.07) is 10.7. The van der Waals surface area contributed by atoms with E-state index in [1.165, 1.54) is 17.4 Å². The molecule has 8 nitrogen and oxygen atoms in total. The average molecular weight is 426 g/mol. The van der Waals surface area contributed by atoms with Gasteiger partial charge in [0.2, 0.25) is 5.91 Å². The number of hydrogen-bond acceptors (Lipinski definition) is 7. The number of nitro benzene ring substituents is 1. The molecule has 1 amide bonds. The maximum absolute atomic E-state index is 12.5. The number of piperazine rings is 1. The van der Waals surface area contributed by atoms with E-state index in [-0.39, 0.29) is 16.5 Å². The molecule has 0 radical (unpaired) electrons. The lowest BCUT2D eigenvalue weighted by Gasteiger charge is -2.34. The molecule has 1 N–H and O–H groups in total. The fraction of sp³-hybridized carbons (Fsp3) is 0.333. The molecule has 3 aromatic rings. The second-order valence-electron chi connectivity index (χ2n) is 7.48. The first kappa shape index (κ1) is 20.2. The van der Waals surface area contributed by atoms with Crippen molar-refractivity contribution in [2.75, 3.05) is 42.9 Å². The van der Waals surface area contributed by atoms with E-state index in [4.69, 9.17) is 0 Å². The van der Waals surface area contributed by atoms with E-state index < -0.39 is 0 Å². The first-order valence-electron chi connectivity index (χ1n) is 9.79. The normalized spacial score (nSPS) is 14.8. The molecule has 9 heteroatoms. The van der Waals surface area contributed by atoms with E-state index in [0.717, 1.165) is 58.3 Å². The Balaban J connectivity index is 1.35. The average Bonchev–Trinajstić information content (AvgIpc) is 3.14. The second-order valence-corrected chi connectivity index (χ2v) is 8.49. The van der Waals surface area contributed by atoms with E-state index in [1.807, 2.05) is 32.0 Å². The van der Waals surface area contributed by atoms with Crippen molar-refractivity contribution in [2.45, 2.75) is 13.8 Å². The molecule has 0 aliphatic carbocycles. The molecule has 0 saturated carbocycles. The van der Waals surface area contributed by atoms with Gasteiger partial charge >= 0.3 is 0 Å². The molecule has 0 unspecified atom stereocenters. The summed E-state index contributed by atoms with van der Waals surface area (Å²) in [6.07, 6.45) is 0. The molecule has 4 rings (SSSR count). The number of aromatic nitrogens is 1. The van der Waals surface area contributed by atoms with E-state index >= 15 is 0 Å². The zero-order valence-electron chi connectivity index (χ0n) is 16.9. The predicted molar refractivity (Wildman–Crippen MR) is 119 cm³/mol. The van der Waals surface area contributed by atoms with Gasteiger partial charge in [0.15, 0.2) is 5.13 Å². The van der Waals surface area contributed by atoms with Gasteiger partial charge in [-0.15, -0.1) is 0 Å². The number of para-hydroxylation sites is 1. The van der Waals surface area contributed by atoms with E-state index in [9.17, 15) is 14.9 Å². The largest absolute Gasteiger partial charge is 0.345 e. The minimum atomic E-state index is -0.388. The van der Waals surface area contributed by atoms with Gasteiger partial charge in [-0.1, -0.05) is 29.5 Å². The number of rotatable bonds is 5. The Morgan fingerprint density at radius 3 is 2.53 bits per heavy atom. The van der Waals surface area contributed by atoms with Crippen LogP contribution in [-0.4, -0.2) is 53.4 Å². The molecule has 0 spiro atoms. The number of carbonyl (C=O) groups excluding carboxylic acids is 1. The lowest BCUT2D eigenvalue weighted by Crippen LogP contribution is -2.48. The predicted octanol–water partition coefficient (Wildman–Crippen LogP) is 3.58. The van der Waals surface area contributed by atoms with Gasteiger partial charge < -0.3 is 10.2 Å². The Morgan fingerprint density at radius 2 is 1.87 bits per heavy atom. The standard InChI is InChI=1S/C21H23N5O3S/c1-14-4-3-5-15(2)20(14)23-19(27)13-24-8-10-25(11-9-24)21-22-17-7-6-16(26(28)29)12-18(17)30-21/h3-7,12H,8-11,13H2,1-2H3,(H,23,27). The fourth-order valence-corrected chi connectivity index (χ4v) is 4.69. The summed E-state index contributed by atoms with van der Waals surface area (Å²) < 4.78 is 0.814. The van der Waals surface area contributed by atoms with Crippen LogP contribution in [0.5, 0.6) is 0 Å². The van der Waals surface area contributed by atoms with Crippen LogP contribution in [0.15, 0.2) is 36.4 Å². The number of thiazole rings is 1. The molecule has 1 aliphatic heterocycles. The van der Waals surface area contributed by atoms with Crippen molar-refractivity contribution in [2.24, 2.45) is 0 Å². The number of benzene rings is 2. The number of fused-ring (bicyclic) bond motifs is 1. The molecular weight excluding hydrogens is 402 g/mol. The van der Waals surface area contributed by atoms with Gasteiger partial charge in [0.25, 0.3) is 5.69 Å². The number of nitro groups is 1. The zero-order valence-corrected chi connectivity index (χ0v) is 17.7. The van der Waals surface area contributed by atoms with E-state index in [1.54, 1.807) is 12.1 Å². The summed E-state index contributed by atoms with van der Waals surface area (Å²) >= 11 is 1.47. The number of hydrogen-bond donors (Lipinski definition) is 1. The van der Waals surface area contributed by atoms with Crippen LogP contribution >= 0.6 is 11.3 Å². The Bertz CT molecular complexity index is 1080. The SMILES string of the molecule is Cc1cccc(C)c1NC(=O)CN1CCN(c2nc3ccc([N+](=O)[O-])cc3s2)CC1. The number of amides is 1. The highest BCUT2D eigenvalue weighted by Gasteiger charge is 2.22. The highest BCUT2D eigenvalue weighted by atomic mass is 32.1. The van der Waals surface area contributed by atoms with E-state index in [2.05, 4.69) is 20.1 Å². The third-order valence-corrected chi connectivity index (χ3v) is 6.41. The number of non-ortho nitro benzene ring substituents is 1. The summed E-state index contributed by atoms with van der Waals surface area (Å²) in [5.74, 6) is -0.00635. The van der Waals surface area contributed by atoms with Crippen molar-refractivity contribution in [1.29, 1.82) is 0 Å². The van der Waals surface area contributed by atoms with Crippen LogP contribution in [0.1, 0.15) is 11.1 Å². The fourth-order valence-electron chi connectivity index (χ4n) is 3.64. The maximum atomic E-state index is 12.5. The smallest absolute Gasteiger partial charge is 0.270 e. The third kappa shape index (κ3) is 4.27. The van der Waals surface area contributed by atoms with Crippen LogP contribution < -0.4 is 10.2 Å². The Kier molecular flexibility index (Phi) is 5.65. The minimum absolute atomic E-state index is 0.00635. The van der Waals surface area contributed by atoms with Gasteiger partial charge in [0, 0.05) is 44.0 Å². The zero-order chi connectivity index (χ0) is 21.3. The number of nitrogens with one attached hydrogen (secondary N) is 1. The van der Waals surface area contributed by atoms with Gasteiger partial charge in [0.1, 0.15) is 0 Å². The Hall–Kier alpha value is -3.04. The minimum Gasteiger partial charge on any atom is -0.345 e. The summed E-state index contributed by atoms with van der Waals surface area (Å²) in [7, 11) is 0.